The third-order valence-electron chi connectivity index (χ3n) is 1.76. The highest BCUT2D eigenvalue weighted by molar-refractivity contribution is 5.76. The van der Waals surface area contributed by atoms with Crippen LogP contribution in [-0.2, 0) is 9.53 Å². The topological polar surface area (TPSA) is 113 Å². The normalized spacial score (nSPS) is 21.9. The fourth-order valence-electron chi connectivity index (χ4n) is 0.948. The molecule has 1 aromatic carbocycles. The van der Waals surface area contributed by atoms with E-state index in [2.05, 4.69) is 4.74 Å². The van der Waals surface area contributed by atoms with Crippen molar-refractivity contribution in [3.63, 3.8) is 0 Å². The molecule has 2 atom stereocenters. The van der Waals surface area contributed by atoms with Gasteiger partial charge >= 0.3 is 5.97 Å². The lowest BCUT2D eigenvalue weighted by Crippen LogP contribution is -2.38. The van der Waals surface area contributed by atoms with Crippen molar-refractivity contribution in [2.45, 2.75) is 19.0 Å². The molecule has 1 rings (SSSR count). The van der Waals surface area contributed by atoms with Crippen molar-refractivity contribution in [1.82, 2.24) is 0 Å². The van der Waals surface area contributed by atoms with Gasteiger partial charge in [0.15, 0.2) is 11.5 Å². The summed E-state index contributed by atoms with van der Waals surface area (Å²) in [4.78, 5) is 11.6. The van der Waals surface area contributed by atoms with Gasteiger partial charge < -0.3 is 25.8 Å². The molecule has 0 saturated heterocycles. The molecule has 0 fully saturated rings. The highest BCUT2D eigenvalue weighted by Crippen LogP contribution is 2.28. The molecule has 17 heavy (non-hydrogen) atoms. The predicted octanol–water partition coefficient (Wildman–Crippen LogP) is 0.0216. The molecule has 0 bridgehead atoms. The molecule has 0 radical (unpaired) electrons. The smallest absolute Gasteiger partial charge is 0.325 e. The van der Waals surface area contributed by atoms with Crippen LogP contribution in [0, 0.1) is 0 Å². The van der Waals surface area contributed by atoms with Crippen LogP contribution >= 0.6 is 0 Å². The Balaban J connectivity index is 3.63. The molecule has 0 aliphatic heterocycles. The van der Waals surface area contributed by atoms with E-state index in [1.165, 1.54) is 6.92 Å². The number of nitrogens with two attached hydrogens (primary N) is 1. The summed E-state index contributed by atoms with van der Waals surface area (Å²) in [5.41, 5.74) is 4.24. The Bertz CT molecular complexity index is 590. The number of phenols is 2. The minimum Gasteiger partial charge on any atom is -0.504 e. The number of aliphatic hydroxyl groups is 1. The molecule has 0 aromatic heterocycles. The number of ether oxygens (including phenoxy) is 1. The van der Waals surface area contributed by atoms with Crippen LogP contribution in [0.1, 0.15) is 25.4 Å². The average Bonchev–Trinajstić information content (AvgIpc) is 2.43. The van der Waals surface area contributed by atoms with E-state index in [-0.39, 0.29) is 6.61 Å². The molecule has 0 aliphatic carbocycles. The summed E-state index contributed by atoms with van der Waals surface area (Å²) in [6.07, 6.45) is -3.38. The van der Waals surface area contributed by atoms with Gasteiger partial charge in [0, 0.05) is 0 Å². The highest BCUT2D eigenvalue weighted by atomic mass is 16.5. The first kappa shape index (κ1) is 7.52. The van der Waals surface area contributed by atoms with Crippen molar-refractivity contribution in [2.75, 3.05) is 6.61 Å². The molecular weight excluding hydrogens is 226 g/mol. The van der Waals surface area contributed by atoms with Crippen molar-refractivity contribution < 1.29 is 31.7 Å². The van der Waals surface area contributed by atoms with Crippen LogP contribution in [0.3, 0.4) is 0 Å². The monoisotopic (exact) mass is 246 g/mol. The van der Waals surface area contributed by atoms with Gasteiger partial charge in [-0.3, -0.25) is 4.79 Å². The first-order valence-corrected chi connectivity index (χ1v) is 4.61. The number of esters is 1. The fourth-order valence-corrected chi connectivity index (χ4v) is 0.948. The zero-order valence-electron chi connectivity index (χ0n) is 13.9. The number of benzene rings is 1. The number of phenolic OH excluding ortho intramolecular Hbond substituents is 2. The second-order valence-corrected chi connectivity index (χ2v) is 2.93. The second-order valence-electron chi connectivity index (χ2n) is 2.93. The van der Waals surface area contributed by atoms with E-state index in [0.717, 1.165) is 0 Å². The lowest BCUT2D eigenvalue weighted by atomic mass is 10.0. The van der Waals surface area contributed by atoms with Crippen LogP contribution in [0.25, 0.3) is 0 Å². The van der Waals surface area contributed by atoms with E-state index in [1.54, 1.807) is 0 Å². The van der Waals surface area contributed by atoms with Gasteiger partial charge in [-0.1, -0.05) is 6.04 Å². The van der Waals surface area contributed by atoms with Gasteiger partial charge in [-0.15, -0.1) is 0 Å². The van der Waals surface area contributed by atoms with Gasteiger partial charge in [0.1, 0.15) is 12.1 Å². The maximum atomic E-state index is 11.6. The van der Waals surface area contributed by atoms with Gasteiger partial charge in [-0.05, 0) is 24.6 Å². The zero-order chi connectivity index (χ0) is 17.5. The molecule has 0 saturated carbocycles. The van der Waals surface area contributed by atoms with Crippen LogP contribution in [0.4, 0.5) is 0 Å². The largest absolute Gasteiger partial charge is 0.504 e. The molecule has 0 heterocycles. The number of aromatic hydroxyl groups is 2. The van der Waals surface area contributed by atoms with Crippen molar-refractivity contribution in [3.05, 3.63) is 23.7 Å². The van der Waals surface area contributed by atoms with Gasteiger partial charge in [0.05, 0.1) is 13.5 Å². The highest BCUT2D eigenvalue weighted by Gasteiger charge is 2.25. The van der Waals surface area contributed by atoms with Crippen LogP contribution in [0.2, 0.25) is 0 Å². The Morgan fingerprint density at radius 3 is 2.82 bits per heavy atom. The minimum atomic E-state index is -3.38. The molecule has 0 spiro atoms. The number of carbonyl (C=O) groups is 1. The minimum absolute atomic E-state index is 0.196. The van der Waals surface area contributed by atoms with Crippen LogP contribution < -0.4 is 5.73 Å². The average molecular weight is 246 g/mol. The van der Waals surface area contributed by atoms with Gasteiger partial charge in [-0.25, -0.2) is 0 Å². The Kier molecular flexibility index (Phi) is 2.44. The zero-order valence-corrected chi connectivity index (χ0v) is 8.94. The number of hydrogen-bond acceptors (Lipinski definition) is 6. The molecule has 6 nitrogen and oxygen atoms in total. The molecule has 5 N–H and O–H groups in total. The van der Waals surface area contributed by atoms with E-state index in [9.17, 15) is 20.1 Å². The molecule has 0 amide bonds. The Hall–Kier alpha value is -1.79. The van der Waals surface area contributed by atoms with Crippen molar-refractivity contribution in [3.8, 4) is 11.5 Å². The van der Waals surface area contributed by atoms with Crippen molar-refractivity contribution >= 4 is 5.97 Å². The first-order chi connectivity index (χ1) is 9.91. The van der Waals surface area contributed by atoms with E-state index in [4.69, 9.17) is 12.6 Å². The van der Waals surface area contributed by atoms with Crippen molar-refractivity contribution in [2.24, 2.45) is 5.73 Å². The maximum Gasteiger partial charge on any atom is 0.325 e. The summed E-state index contributed by atoms with van der Waals surface area (Å²) in [6.45, 7) is 1.20. The first-order valence-electron chi connectivity index (χ1n) is 7.11. The fraction of sp³-hybridized carbons (Fsp3) is 0.364. The summed E-state index contributed by atoms with van der Waals surface area (Å²) in [5, 5.41) is 29.0. The van der Waals surface area contributed by atoms with Crippen LogP contribution in [-0.4, -0.2) is 33.9 Å². The summed E-state index contributed by atoms with van der Waals surface area (Å²) >= 11 is 0. The number of hydrogen-bond donors (Lipinski definition) is 4. The second kappa shape index (κ2) is 5.51. The van der Waals surface area contributed by atoms with Crippen molar-refractivity contribution in [1.29, 1.82) is 0 Å². The Labute approximate surface area is 105 Å². The molecule has 0 unspecified atom stereocenters. The summed E-state index contributed by atoms with van der Waals surface area (Å²) in [7, 11) is 0. The van der Waals surface area contributed by atoms with Crippen LogP contribution in [0.5, 0.6) is 11.5 Å². The van der Waals surface area contributed by atoms with Gasteiger partial charge in [0.2, 0.25) is 0 Å². The van der Waals surface area contributed by atoms with Gasteiger partial charge in [0.25, 0.3) is 0 Å². The molecule has 94 valence electrons. The van der Waals surface area contributed by atoms with Crippen LogP contribution in [0.15, 0.2) is 18.1 Å². The lowest BCUT2D eigenvalue weighted by molar-refractivity contribution is -0.147. The molecule has 1 aromatic rings. The quantitative estimate of drug-likeness (QED) is 0.440. The molecule has 6 heteroatoms. The van der Waals surface area contributed by atoms with E-state index < -0.39 is 53.3 Å². The maximum absolute atomic E-state index is 11.6. The standard InChI is InChI=1S/C11H15NO5/c1-2-17-11(16)9(12)10(15)6-3-4-7(13)8(14)5-6/h3-5,9-10,13-15H,2,12H2,1H3/t9-,10+/m1/s1/i3D,4D,5D,9D,10D. The Morgan fingerprint density at radius 1 is 1.59 bits per heavy atom. The summed E-state index contributed by atoms with van der Waals surface area (Å²) in [5.74, 6) is -3.77. The third-order valence-corrected chi connectivity index (χ3v) is 1.76. The predicted molar refractivity (Wildman–Crippen MR) is 59.3 cm³/mol. The van der Waals surface area contributed by atoms with Gasteiger partial charge in [-0.2, -0.15) is 0 Å². The SMILES string of the molecule is [2H]c1c([2H])c([C@]([2H])(O)[C@@]([2H])(N)C(=O)OCC)c([2H])c(O)c1O. The van der Waals surface area contributed by atoms with E-state index in [0.29, 0.717) is 0 Å². The number of rotatable bonds is 4. The van der Waals surface area contributed by atoms with E-state index in [1.807, 2.05) is 0 Å². The summed E-state index contributed by atoms with van der Waals surface area (Å²) in [6, 6.07) is -6.25. The summed E-state index contributed by atoms with van der Waals surface area (Å²) < 4.78 is 42.4. The Morgan fingerprint density at radius 2 is 2.24 bits per heavy atom. The molecule has 0 aliphatic rings. The third kappa shape index (κ3) is 3.08. The molecular formula is C11H15NO5. The van der Waals surface area contributed by atoms with E-state index >= 15 is 0 Å². The lowest BCUT2D eigenvalue weighted by Gasteiger charge is -2.17. The number of carbonyl (C=O) groups excluding carboxylic acids is 1.